The van der Waals surface area contributed by atoms with Gasteiger partial charge < -0.3 is 5.11 Å². The maximum Gasteiger partial charge on any atom is 0.234 e. The second-order valence-corrected chi connectivity index (χ2v) is 4.24. The number of carbonyl (C=O) groups excluding carboxylic acids is 2. The smallest absolute Gasteiger partial charge is 0.234 e. The molecule has 0 aliphatic heterocycles. The lowest BCUT2D eigenvalue weighted by Crippen LogP contribution is -2.44. The highest BCUT2D eigenvalue weighted by Crippen LogP contribution is 2.12. The van der Waals surface area contributed by atoms with E-state index in [9.17, 15) is 19.1 Å². The molecule has 0 unspecified atom stereocenters. The van der Waals surface area contributed by atoms with Gasteiger partial charge in [-0.2, -0.15) is 12.6 Å². The molecule has 2 atom stereocenters. The Morgan fingerprint density at radius 1 is 1.47 bits per heavy atom. The molecule has 0 heterocycles. The molecule has 0 saturated carbocycles. The van der Waals surface area contributed by atoms with E-state index in [1.165, 1.54) is 6.92 Å². The van der Waals surface area contributed by atoms with Gasteiger partial charge in [-0.25, -0.2) is 0 Å². The zero-order valence-corrected chi connectivity index (χ0v) is 11.1. The van der Waals surface area contributed by atoms with Crippen LogP contribution in [0.5, 0.6) is 0 Å². The van der Waals surface area contributed by atoms with Crippen LogP contribution in [0, 0.1) is 5.92 Å². The van der Waals surface area contributed by atoms with Crippen molar-refractivity contribution in [1.29, 1.82) is 0 Å². The number of amides is 2. The number of halogens is 1. The predicted octanol–water partition coefficient (Wildman–Crippen LogP) is 1.04. The Balaban J connectivity index is 4.65. The van der Waals surface area contributed by atoms with Gasteiger partial charge in [0.2, 0.25) is 11.8 Å². The van der Waals surface area contributed by atoms with Crippen molar-refractivity contribution >= 4 is 24.4 Å². The van der Waals surface area contributed by atoms with Crippen molar-refractivity contribution in [3.05, 3.63) is 0 Å². The van der Waals surface area contributed by atoms with Crippen LogP contribution in [0.15, 0.2) is 0 Å². The summed E-state index contributed by atoms with van der Waals surface area (Å²) in [6, 6.07) is 0. The summed E-state index contributed by atoms with van der Waals surface area (Å²) in [6.07, 6.45) is -0.938. The first-order valence-electron chi connectivity index (χ1n) is 5.68. The van der Waals surface area contributed by atoms with Gasteiger partial charge in [-0.1, -0.05) is 13.8 Å². The summed E-state index contributed by atoms with van der Waals surface area (Å²) >= 11 is 3.98. The molecule has 0 saturated heterocycles. The number of hydrogen-bond acceptors (Lipinski definition) is 4. The van der Waals surface area contributed by atoms with Crippen molar-refractivity contribution in [3.8, 4) is 0 Å². The molecule has 2 amide bonds. The number of nitrogens with zero attached hydrogens (tertiary/aromatic N) is 1. The van der Waals surface area contributed by atoms with Crippen LogP contribution in [-0.4, -0.2) is 46.9 Å². The average molecular weight is 265 g/mol. The molecule has 1 N–H and O–H groups in total. The van der Waals surface area contributed by atoms with Crippen molar-refractivity contribution in [1.82, 2.24) is 4.90 Å². The molecule has 0 spiro atoms. The molecule has 0 aliphatic rings. The van der Waals surface area contributed by atoms with Crippen LogP contribution in [0.3, 0.4) is 0 Å². The second kappa shape index (κ2) is 8.47. The SMILES string of the molecule is CCC(=O)N(CCS)C(=O)[C@H](C)[C@@H](O)CCF. The van der Waals surface area contributed by atoms with Gasteiger partial charge in [0, 0.05) is 25.1 Å². The fourth-order valence-electron chi connectivity index (χ4n) is 1.42. The van der Waals surface area contributed by atoms with E-state index in [-0.39, 0.29) is 25.3 Å². The first-order chi connectivity index (χ1) is 7.99. The largest absolute Gasteiger partial charge is 0.392 e. The van der Waals surface area contributed by atoms with E-state index in [2.05, 4.69) is 12.6 Å². The van der Waals surface area contributed by atoms with E-state index in [4.69, 9.17) is 0 Å². The average Bonchev–Trinajstić information content (AvgIpc) is 2.33. The molecule has 0 aromatic rings. The normalized spacial score (nSPS) is 14.2. The lowest BCUT2D eigenvalue weighted by atomic mass is 10.0. The fourth-order valence-corrected chi connectivity index (χ4v) is 1.62. The van der Waals surface area contributed by atoms with E-state index in [1.807, 2.05) is 0 Å². The van der Waals surface area contributed by atoms with Crippen molar-refractivity contribution in [2.24, 2.45) is 5.92 Å². The Hall–Kier alpha value is -0.620. The summed E-state index contributed by atoms with van der Waals surface area (Å²) in [5, 5.41) is 9.54. The van der Waals surface area contributed by atoms with Gasteiger partial charge in [-0.15, -0.1) is 0 Å². The molecule has 17 heavy (non-hydrogen) atoms. The first-order valence-corrected chi connectivity index (χ1v) is 6.31. The molecule has 0 aromatic heterocycles. The summed E-state index contributed by atoms with van der Waals surface area (Å²) in [6.45, 7) is 2.68. The quantitative estimate of drug-likeness (QED) is 0.676. The van der Waals surface area contributed by atoms with Gasteiger partial charge in [0.25, 0.3) is 0 Å². The second-order valence-electron chi connectivity index (χ2n) is 3.79. The maximum atomic E-state index is 12.1. The summed E-state index contributed by atoms with van der Waals surface area (Å²) in [4.78, 5) is 24.6. The number of thiol groups is 1. The summed E-state index contributed by atoms with van der Waals surface area (Å²) in [5.74, 6) is -1.18. The molecule has 0 fully saturated rings. The molecule has 4 nitrogen and oxygen atoms in total. The van der Waals surface area contributed by atoms with Gasteiger partial charge in [-0.3, -0.25) is 18.9 Å². The monoisotopic (exact) mass is 265 g/mol. The number of rotatable bonds is 7. The van der Waals surface area contributed by atoms with Crippen molar-refractivity contribution in [2.45, 2.75) is 32.8 Å². The van der Waals surface area contributed by atoms with Gasteiger partial charge in [0.15, 0.2) is 0 Å². The van der Waals surface area contributed by atoms with E-state index >= 15 is 0 Å². The molecule has 0 aromatic carbocycles. The summed E-state index contributed by atoms with van der Waals surface area (Å²) in [5.41, 5.74) is 0. The third-order valence-corrected chi connectivity index (χ3v) is 2.76. The third kappa shape index (κ3) is 5.04. The Morgan fingerprint density at radius 2 is 2.06 bits per heavy atom. The number of carbonyl (C=O) groups is 2. The van der Waals surface area contributed by atoms with Crippen LogP contribution in [-0.2, 0) is 9.59 Å². The highest BCUT2D eigenvalue weighted by Gasteiger charge is 2.29. The number of aliphatic hydroxyl groups is 1. The standard InChI is InChI=1S/C11H20FNO3S/c1-3-10(15)13(6-7-17)11(16)8(2)9(14)4-5-12/h8-9,14,17H,3-7H2,1-2H3/t8-,9+/m1/s1. The van der Waals surface area contributed by atoms with Crippen LogP contribution in [0.25, 0.3) is 0 Å². The minimum Gasteiger partial charge on any atom is -0.392 e. The number of aliphatic hydroxyl groups excluding tert-OH is 1. The predicted molar refractivity (Wildman–Crippen MR) is 66.6 cm³/mol. The Labute approximate surface area is 107 Å². The molecular weight excluding hydrogens is 245 g/mol. The number of hydrogen-bond donors (Lipinski definition) is 2. The van der Waals surface area contributed by atoms with Crippen LogP contribution in [0.1, 0.15) is 26.7 Å². The highest BCUT2D eigenvalue weighted by molar-refractivity contribution is 7.80. The molecule has 6 heteroatoms. The van der Waals surface area contributed by atoms with Gasteiger partial charge in [0.1, 0.15) is 0 Å². The van der Waals surface area contributed by atoms with E-state index in [1.54, 1.807) is 6.92 Å². The van der Waals surface area contributed by atoms with E-state index in [0.29, 0.717) is 5.75 Å². The Bertz CT molecular complexity index is 263. The Kier molecular flexibility index (Phi) is 8.16. The van der Waals surface area contributed by atoms with E-state index in [0.717, 1.165) is 4.90 Å². The molecule has 0 aliphatic carbocycles. The first kappa shape index (κ1) is 16.4. The molecular formula is C11H20FNO3S. The van der Waals surface area contributed by atoms with Crippen molar-refractivity contribution < 1.29 is 19.1 Å². The number of alkyl halides is 1. The lowest BCUT2D eigenvalue weighted by molar-refractivity contribution is -0.149. The van der Waals surface area contributed by atoms with Gasteiger partial charge in [0.05, 0.1) is 18.7 Å². The van der Waals surface area contributed by atoms with E-state index < -0.39 is 24.6 Å². The highest BCUT2D eigenvalue weighted by atomic mass is 32.1. The van der Waals surface area contributed by atoms with Crippen LogP contribution >= 0.6 is 12.6 Å². The third-order valence-electron chi connectivity index (χ3n) is 2.56. The van der Waals surface area contributed by atoms with Gasteiger partial charge in [-0.05, 0) is 0 Å². The topological polar surface area (TPSA) is 57.6 Å². The maximum absolute atomic E-state index is 12.1. The minimum atomic E-state index is -1.06. The fraction of sp³-hybridized carbons (Fsp3) is 0.818. The van der Waals surface area contributed by atoms with Crippen molar-refractivity contribution in [3.63, 3.8) is 0 Å². The Morgan fingerprint density at radius 3 is 2.47 bits per heavy atom. The van der Waals surface area contributed by atoms with Gasteiger partial charge >= 0.3 is 0 Å². The minimum absolute atomic E-state index is 0.0953. The molecule has 100 valence electrons. The molecule has 0 bridgehead atoms. The molecule has 0 radical (unpaired) electrons. The zero-order chi connectivity index (χ0) is 13.4. The summed E-state index contributed by atoms with van der Waals surface area (Å²) < 4.78 is 12.1. The molecule has 0 rings (SSSR count). The zero-order valence-electron chi connectivity index (χ0n) is 10.2. The summed E-state index contributed by atoms with van der Waals surface area (Å²) in [7, 11) is 0. The number of imide groups is 1. The van der Waals surface area contributed by atoms with Crippen LogP contribution in [0.4, 0.5) is 4.39 Å². The van der Waals surface area contributed by atoms with Crippen molar-refractivity contribution in [2.75, 3.05) is 19.0 Å². The lowest BCUT2D eigenvalue weighted by Gasteiger charge is -2.25. The van der Waals surface area contributed by atoms with Crippen LogP contribution < -0.4 is 0 Å². The van der Waals surface area contributed by atoms with Crippen LogP contribution in [0.2, 0.25) is 0 Å².